The number of ether oxygens (including phenoxy) is 1. The van der Waals surface area contributed by atoms with Crippen LogP contribution < -0.4 is 10.5 Å². The average molecular weight is 266 g/mol. The molecule has 0 saturated carbocycles. The van der Waals surface area contributed by atoms with E-state index in [0.717, 1.165) is 0 Å². The molecule has 0 aromatic rings. The average Bonchev–Trinajstić information content (AvgIpc) is 2.49. The Balaban J connectivity index is 2.81. The van der Waals surface area contributed by atoms with Gasteiger partial charge in [0.05, 0.1) is 17.1 Å². The van der Waals surface area contributed by atoms with Crippen molar-refractivity contribution in [1.82, 2.24) is 4.72 Å². The molecule has 0 bridgehead atoms. The predicted molar refractivity (Wildman–Crippen MR) is 66.8 cm³/mol. The van der Waals surface area contributed by atoms with Crippen LogP contribution in [0.1, 0.15) is 26.7 Å². The lowest BCUT2D eigenvalue weighted by Gasteiger charge is -2.26. The maximum atomic E-state index is 12.0. The Kier molecular flexibility index (Phi) is 4.28. The summed E-state index contributed by atoms with van der Waals surface area (Å²) in [7, 11) is -3.51. The molecule has 0 aliphatic carbocycles. The largest absolute Gasteiger partial charge is 0.392 e. The van der Waals surface area contributed by atoms with E-state index in [2.05, 4.69) is 4.72 Å². The normalized spacial score (nSPS) is 27.9. The van der Waals surface area contributed by atoms with Gasteiger partial charge < -0.3 is 10.5 Å². The van der Waals surface area contributed by atoms with E-state index in [9.17, 15) is 8.42 Å². The number of nitrogens with two attached hydrogens (primary N) is 1. The molecular weight excluding hydrogens is 248 g/mol. The highest BCUT2D eigenvalue weighted by Gasteiger charge is 2.37. The fourth-order valence-corrected chi connectivity index (χ4v) is 4.02. The van der Waals surface area contributed by atoms with E-state index < -0.39 is 20.8 Å². The van der Waals surface area contributed by atoms with Gasteiger partial charge in [0.15, 0.2) is 0 Å². The molecule has 2 atom stereocenters. The van der Waals surface area contributed by atoms with Gasteiger partial charge in [0, 0.05) is 6.61 Å². The molecule has 1 aliphatic heterocycles. The third-order valence-electron chi connectivity index (χ3n) is 2.67. The molecule has 0 spiro atoms. The van der Waals surface area contributed by atoms with Gasteiger partial charge in [0.25, 0.3) is 0 Å². The fourth-order valence-electron chi connectivity index (χ4n) is 1.74. The van der Waals surface area contributed by atoms with Crippen molar-refractivity contribution >= 4 is 27.2 Å². The van der Waals surface area contributed by atoms with E-state index in [-0.39, 0.29) is 4.99 Å². The molecule has 0 amide bonds. The van der Waals surface area contributed by atoms with Crippen molar-refractivity contribution in [1.29, 1.82) is 0 Å². The highest BCUT2D eigenvalue weighted by atomic mass is 32.2. The molecule has 1 saturated heterocycles. The summed E-state index contributed by atoms with van der Waals surface area (Å²) < 4.78 is 31.9. The number of hydrogen-bond acceptors (Lipinski definition) is 4. The summed E-state index contributed by atoms with van der Waals surface area (Å²) in [5.41, 5.74) is 4.90. The van der Waals surface area contributed by atoms with Crippen LogP contribution in [0.5, 0.6) is 0 Å². The van der Waals surface area contributed by atoms with Crippen LogP contribution in [-0.2, 0) is 14.8 Å². The van der Waals surface area contributed by atoms with Crippen molar-refractivity contribution in [2.24, 2.45) is 5.73 Å². The van der Waals surface area contributed by atoms with Crippen LogP contribution in [-0.4, -0.2) is 37.4 Å². The summed E-state index contributed by atoms with van der Waals surface area (Å²) in [4.78, 5) is 0.0116. The molecule has 7 heteroatoms. The molecule has 1 rings (SSSR count). The van der Waals surface area contributed by atoms with E-state index in [1.165, 1.54) is 0 Å². The molecule has 2 unspecified atom stereocenters. The number of hydrogen-bond donors (Lipinski definition) is 2. The van der Waals surface area contributed by atoms with Crippen LogP contribution in [0, 0.1) is 0 Å². The molecule has 1 aliphatic rings. The lowest BCUT2D eigenvalue weighted by atomic mass is 10.0. The van der Waals surface area contributed by atoms with Gasteiger partial charge in [-0.05, 0) is 19.8 Å². The maximum Gasteiger partial charge on any atom is 0.221 e. The van der Waals surface area contributed by atoms with Crippen molar-refractivity contribution in [3.63, 3.8) is 0 Å². The van der Waals surface area contributed by atoms with Gasteiger partial charge in [-0.1, -0.05) is 19.1 Å². The van der Waals surface area contributed by atoms with Gasteiger partial charge in [-0.3, -0.25) is 0 Å². The van der Waals surface area contributed by atoms with Gasteiger partial charge in [-0.2, -0.15) is 0 Å². The minimum Gasteiger partial charge on any atom is -0.392 e. The third-order valence-corrected chi connectivity index (χ3v) is 5.22. The highest BCUT2D eigenvalue weighted by Crippen LogP contribution is 2.20. The number of thiocarbonyl (C=S) groups is 1. The quantitative estimate of drug-likeness (QED) is 0.692. The van der Waals surface area contributed by atoms with Crippen LogP contribution in [0.4, 0.5) is 0 Å². The Bertz CT molecular complexity index is 361. The second kappa shape index (κ2) is 4.95. The van der Waals surface area contributed by atoms with Crippen LogP contribution in [0.3, 0.4) is 0 Å². The van der Waals surface area contributed by atoms with E-state index in [0.29, 0.717) is 26.1 Å². The molecule has 3 N–H and O–H groups in total. The van der Waals surface area contributed by atoms with Crippen LogP contribution in [0.25, 0.3) is 0 Å². The molecular formula is C9H18N2O3S2. The first-order valence-electron chi connectivity index (χ1n) is 5.20. The Morgan fingerprint density at radius 3 is 2.69 bits per heavy atom. The first-order valence-corrected chi connectivity index (χ1v) is 7.16. The van der Waals surface area contributed by atoms with Crippen molar-refractivity contribution < 1.29 is 13.2 Å². The number of sulfonamides is 1. The van der Waals surface area contributed by atoms with Gasteiger partial charge in [0.2, 0.25) is 10.0 Å². The molecule has 1 fully saturated rings. The Hall–Kier alpha value is -0.240. The monoisotopic (exact) mass is 266 g/mol. The minimum absolute atomic E-state index is 0.0116. The van der Waals surface area contributed by atoms with E-state index in [4.69, 9.17) is 22.7 Å². The first-order chi connectivity index (χ1) is 7.31. The lowest BCUT2D eigenvalue weighted by molar-refractivity contribution is 0.178. The predicted octanol–water partition coefficient (Wildman–Crippen LogP) is 0.150. The van der Waals surface area contributed by atoms with Crippen molar-refractivity contribution in [2.45, 2.75) is 37.5 Å². The van der Waals surface area contributed by atoms with Gasteiger partial charge in [-0.25, -0.2) is 13.1 Å². The Labute approximate surface area is 102 Å². The van der Waals surface area contributed by atoms with Gasteiger partial charge in [0.1, 0.15) is 5.25 Å². The summed E-state index contributed by atoms with van der Waals surface area (Å²) in [5.74, 6) is 0. The number of rotatable bonds is 5. The van der Waals surface area contributed by atoms with Gasteiger partial charge in [-0.15, -0.1) is 0 Å². The van der Waals surface area contributed by atoms with Crippen molar-refractivity contribution in [3.8, 4) is 0 Å². The summed E-state index contributed by atoms with van der Waals surface area (Å²) >= 11 is 4.77. The second-order valence-corrected chi connectivity index (χ2v) is 6.64. The molecule has 0 radical (unpaired) electrons. The summed E-state index contributed by atoms with van der Waals surface area (Å²) in [6.45, 7) is 4.53. The van der Waals surface area contributed by atoms with Crippen LogP contribution in [0.2, 0.25) is 0 Å². The molecule has 16 heavy (non-hydrogen) atoms. The topological polar surface area (TPSA) is 81.4 Å². The summed E-state index contributed by atoms with van der Waals surface area (Å²) in [6.07, 6.45) is 1.04. The number of nitrogens with one attached hydrogen (secondary N) is 1. The smallest absolute Gasteiger partial charge is 0.221 e. The van der Waals surface area contributed by atoms with Crippen LogP contribution >= 0.6 is 12.2 Å². The fraction of sp³-hybridized carbons (Fsp3) is 0.889. The molecule has 0 aromatic carbocycles. The third kappa shape index (κ3) is 3.13. The summed E-state index contributed by atoms with van der Waals surface area (Å²) in [5, 5.41) is -0.806. The van der Waals surface area contributed by atoms with E-state index in [1.807, 2.05) is 6.92 Å². The molecule has 1 heterocycles. The Morgan fingerprint density at radius 2 is 2.31 bits per heavy atom. The molecule has 94 valence electrons. The first kappa shape index (κ1) is 13.8. The van der Waals surface area contributed by atoms with Gasteiger partial charge >= 0.3 is 0 Å². The van der Waals surface area contributed by atoms with Crippen molar-refractivity contribution in [2.75, 3.05) is 13.2 Å². The minimum atomic E-state index is -3.51. The van der Waals surface area contributed by atoms with Crippen LogP contribution in [0.15, 0.2) is 0 Å². The zero-order valence-electron chi connectivity index (χ0n) is 9.52. The van der Waals surface area contributed by atoms with Crippen molar-refractivity contribution in [3.05, 3.63) is 0 Å². The lowest BCUT2D eigenvalue weighted by Crippen LogP contribution is -2.52. The highest BCUT2D eigenvalue weighted by molar-refractivity contribution is 7.93. The summed E-state index contributed by atoms with van der Waals surface area (Å²) in [6, 6.07) is 0. The standard InChI is InChI=1S/C9H18N2O3S2/c1-3-7(8(10)15)16(12,13)11-9(2)4-5-14-6-9/h7,11H,3-6H2,1-2H3,(H2,10,15). The van der Waals surface area contributed by atoms with E-state index >= 15 is 0 Å². The Morgan fingerprint density at radius 1 is 1.69 bits per heavy atom. The zero-order chi connectivity index (χ0) is 12.4. The van der Waals surface area contributed by atoms with E-state index in [1.54, 1.807) is 6.92 Å². The molecule has 0 aromatic heterocycles. The second-order valence-electron chi connectivity index (χ2n) is 4.31. The molecule has 5 nitrogen and oxygen atoms in total. The zero-order valence-corrected chi connectivity index (χ0v) is 11.2. The maximum absolute atomic E-state index is 12.0. The SMILES string of the molecule is CCC(C(N)=S)S(=O)(=O)NC1(C)CCOC1.